The number of nitrogens with zero attached hydrogens (tertiary/aromatic N) is 1. The Labute approximate surface area is 177 Å². The highest BCUT2D eigenvalue weighted by Crippen LogP contribution is 2.30. The molecule has 0 radical (unpaired) electrons. The monoisotopic (exact) mass is 404 g/mol. The van der Waals surface area contributed by atoms with Gasteiger partial charge in [0, 0.05) is 29.6 Å². The van der Waals surface area contributed by atoms with Crippen LogP contribution in [0.15, 0.2) is 63.8 Å². The Balaban J connectivity index is 1.72. The van der Waals surface area contributed by atoms with Crippen LogP contribution in [0.4, 0.5) is 5.69 Å². The van der Waals surface area contributed by atoms with Gasteiger partial charge >= 0.3 is 5.63 Å². The summed E-state index contributed by atoms with van der Waals surface area (Å²) in [7, 11) is 1.69. The van der Waals surface area contributed by atoms with E-state index in [2.05, 4.69) is 35.4 Å². The van der Waals surface area contributed by atoms with E-state index in [1.54, 1.807) is 13.2 Å². The van der Waals surface area contributed by atoms with Crippen LogP contribution in [0.25, 0.3) is 17.0 Å². The van der Waals surface area contributed by atoms with Crippen LogP contribution in [0.2, 0.25) is 0 Å². The summed E-state index contributed by atoms with van der Waals surface area (Å²) in [5.41, 5.74) is 3.46. The van der Waals surface area contributed by atoms with Crippen LogP contribution >= 0.6 is 0 Å². The second-order valence-electron chi connectivity index (χ2n) is 7.73. The minimum absolute atomic E-state index is 0.311. The van der Waals surface area contributed by atoms with Gasteiger partial charge in [0.05, 0.1) is 12.8 Å². The van der Waals surface area contributed by atoms with Crippen LogP contribution in [0.3, 0.4) is 0 Å². The Morgan fingerprint density at radius 3 is 2.77 bits per heavy atom. The molecule has 156 valence electrons. The fourth-order valence-electron chi connectivity index (χ4n) is 4.16. The van der Waals surface area contributed by atoms with Crippen molar-refractivity contribution in [3.05, 3.63) is 76.2 Å². The van der Waals surface area contributed by atoms with Gasteiger partial charge in [-0.05, 0) is 51.1 Å². The molecule has 0 bridgehead atoms. The van der Waals surface area contributed by atoms with E-state index < -0.39 is 0 Å². The molecule has 1 aromatic heterocycles. The topological polar surface area (TPSA) is 54.7 Å². The Morgan fingerprint density at radius 2 is 1.97 bits per heavy atom. The van der Waals surface area contributed by atoms with Crippen molar-refractivity contribution in [1.29, 1.82) is 0 Å². The van der Waals surface area contributed by atoms with Crippen molar-refractivity contribution in [1.82, 2.24) is 5.32 Å². The number of methoxy groups -OCH3 is 1. The van der Waals surface area contributed by atoms with E-state index in [1.165, 1.54) is 0 Å². The van der Waals surface area contributed by atoms with Gasteiger partial charge in [-0.25, -0.2) is 4.79 Å². The summed E-state index contributed by atoms with van der Waals surface area (Å²) in [5.74, 6) is 0.851. The molecule has 5 nitrogen and oxygen atoms in total. The Bertz CT molecular complexity index is 1100. The molecule has 0 unspecified atom stereocenters. The molecule has 2 heterocycles. The Hall–Kier alpha value is -3.05. The summed E-state index contributed by atoms with van der Waals surface area (Å²) < 4.78 is 10.9. The van der Waals surface area contributed by atoms with E-state index in [4.69, 9.17) is 9.15 Å². The van der Waals surface area contributed by atoms with Crippen molar-refractivity contribution in [3.63, 3.8) is 0 Å². The lowest BCUT2D eigenvalue weighted by atomic mass is 10.0. The molecule has 0 spiro atoms. The first-order valence-corrected chi connectivity index (χ1v) is 10.5. The minimum Gasteiger partial charge on any atom is -0.496 e. The second-order valence-corrected chi connectivity index (χ2v) is 7.73. The second kappa shape index (κ2) is 9.18. The van der Waals surface area contributed by atoms with Gasteiger partial charge in [-0.15, -0.1) is 0 Å². The largest absolute Gasteiger partial charge is 0.496 e. The maximum absolute atomic E-state index is 12.3. The average Bonchev–Trinajstić information content (AvgIpc) is 2.77. The van der Waals surface area contributed by atoms with E-state index in [0.717, 1.165) is 53.9 Å². The minimum atomic E-state index is -0.311. The van der Waals surface area contributed by atoms with Crippen LogP contribution in [-0.2, 0) is 0 Å². The molecule has 30 heavy (non-hydrogen) atoms. The Kier molecular flexibility index (Phi) is 6.19. The number of para-hydroxylation sites is 1. The quantitative estimate of drug-likeness (QED) is 0.618. The summed E-state index contributed by atoms with van der Waals surface area (Å²) >= 11 is 0. The number of aryl methyl sites for hydroxylation is 1. The maximum Gasteiger partial charge on any atom is 0.338 e. The predicted octanol–water partition coefficient (Wildman–Crippen LogP) is 4.38. The fourth-order valence-corrected chi connectivity index (χ4v) is 4.16. The highest BCUT2D eigenvalue weighted by molar-refractivity contribution is 5.91. The molecule has 5 heteroatoms. The standard InChI is InChI=1S/C25H28N2O3/c1-18-9-10-24-21(16-18)22(17-25(28)30-24)27(20-11-13-26-14-12-20)15-5-7-19-6-3-4-8-23(19)29-2/h3-10,16-17,20,26H,11-15H2,1-2H3. The molecule has 0 saturated carbocycles. The Morgan fingerprint density at radius 1 is 1.17 bits per heavy atom. The van der Waals surface area contributed by atoms with Crippen LogP contribution < -0.4 is 20.6 Å². The van der Waals surface area contributed by atoms with Gasteiger partial charge in [-0.1, -0.05) is 42.0 Å². The van der Waals surface area contributed by atoms with Crippen molar-refractivity contribution in [2.45, 2.75) is 25.8 Å². The predicted molar refractivity (Wildman–Crippen MR) is 122 cm³/mol. The number of ether oxygens (including phenoxy) is 1. The number of nitrogens with one attached hydrogen (secondary N) is 1. The zero-order chi connectivity index (χ0) is 20.9. The summed E-state index contributed by atoms with van der Waals surface area (Å²) in [5, 5.41) is 4.42. The normalized spacial score (nSPS) is 15.0. The van der Waals surface area contributed by atoms with Crippen LogP contribution in [-0.4, -0.2) is 32.8 Å². The summed E-state index contributed by atoms with van der Waals surface area (Å²) in [6.07, 6.45) is 6.31. The lowest BCUT2D eigenvalue weighted by Crippen LogP contribution is -2.43. The van der Waals surface area contributed by atoms with Gasteiger partial charge in [0.2, 0.25) is 0 Å². The van der Waals surface area contributed by atoms with E-state index in [0.29, 0.717) is 18.2 Å². The number of benzene rings is 2. The molecule has 0 atom stereocenters. The van der Waals surface area contributed by atoms with Crippen molar-refractivity contribution in [2.24, 2.45) is 0 Å². The number of hydrogen-bond acceptors (Lipinski definition) is 5. The highest BCUT2D eigenvalue weighted by atomic mass is 16.5. The number of hydrogen-bond donors (Lipinski definition) is 1. The molecule has 4 rings (SSSR count). The van der Waals surface area contributed by atoms with Gasteiger partial charge in [0.15, 0.2) is 0 Å². The number of rotatable bonds is 6. The van der Waals surface area contributed by atoms with Crippen molar-refractivity contribution in [2.75, 3.05) is 31.6 Å². The molecule has 1 fully saturated rings. The van der Waals surface area contributed by atoms with Crippen LogP contribution in [0.5, 0.6) is 5.75 Å². The summed E-state index contributed by atoms with van der Waals surface area (Å²) in [4.78, 5) is 14.7. The fraction of sp³-hybridized carbons (Fsp3) is 0.320. The SMILES string of the molecule is COc1ccccc1C=CCN(c1cc(=O)oc2ccc(C)cc12)C1CCNCC1. The van der Waals surface area contributed by atoms with Crippen molar-refractivity contribution < 1.29 is 9.15 Å². The molecule has 1 saturated heterocycles. The number of piperidine rings is 1. The highest BCUT2D eigenvalue weighted by Gasteiger charge is 2.23. The van der Waals surface area contributed by atoms with Crippen LogP contribution in [0, 0.1) is 6.92 Å². The summed E-state index contributed by atoms with van der Waals surface area (Å²) in [6.45, 7) is 4.73. The van der Waals surface area contributed by atoms with Crippen molar-refractivity contribution in [3.8, 4) is 5.75 Å². The third-order valence-electron chi connectivity index (χ3n) is 5.67. The molecule has 2 aromatic carbocycles. The maximum atomic E-state index is 12.3. The molecule has 1 aliphatic heterocycles. The zero-order valence-electron chi connectivity index (χ0n) is 17.6. The molecular formula is C25H28N2O3. The van der Waals surface area contributed by atoms with E-state index in [9.17, 15) is 4.79 Å². The third kappa shape index (κ3) is 4.41. The average molecular weight is 405 g/mol. The lowest BCUT2D eigenvalue weighted by molar-refractivity contribution is 0.414. The van der Waals surface area contributed by atoms with Crippen LogP contribution in [0.1, 0.15) is 24.0 Å². The molecule has 0 aliphatic carbocycles. The van der Waals surface area contributed by atoms with Gasteiger partial charge in [0.25, 0.3) is 0 Å². The smallest absolute Gasteiger partial charge is 0.338 e. The van der Waals surface area contributed by atoms with Gasteiger partial charge in [-0.3, -0.25) is 0 Å². The summed E-state index contributed by atoms with van der Waals surface area (Å²) in [6, 6.07) is 15.9. The number of fused-ring (bicyclic) bond motifs is 1. The first-order valence-electron chi connectivity index (χ1n) is 10.5. The van der Waals surface area contributed by atoms with Gasteiger partial charge in [0.1, 0.15) is 11.3 Å². The third-order valence-corrected chi connectivity index (χ3v) is 5.67. The van der Waals surface area contributed by atoms with Gasteiger partial charge in [-0.2, -0.15) is 0 Å². The van der Waals surface area contributed by atoms with E-state index in [-0.39, 0.29) is 5.63 Å². The lowest BCUT2D eigenvalue weighted by Gasteiger charge is -2.36. The number of anilines is 1. The first-order chi connectivity index (χ1) is 14.7. The first kappa shape index (κ1) is 20.2. The van der Waals surface area contributed by atoms with E-state index >= 15 is 0 Å². The molecule has 1 N–H and O–H groups in total. The molecule has 1 aliphatic rings. The molecule has 0 amide bonds. The molecular weight excluding hydrogens is 376 g/mol. The van der Waals surface area contributed by atoms with Gasteiger partial charge < -0.3 is 19.4 Å². The van der Waals surface area contributed by atoms with E-state index in [1.807, 2.05) is 36.4 Å². The molecule has 3 aromatic rings. The zero-order valence-corrected chi connectivity index (χ0v) is 17.6. The van der Waals surface area contributed by atoms with Crippen molar-refractivity contribution >= 4 is 22.7 Å².